The Labute approximate surface area is 155 Å². The summed E-state index contributed by atoms with van der Waals surface area (Å²) in [6.07, 6.45) is 0.354. The number of hydrogen-bond donors (Lipinski definition) is 3. The molecule has 3 nitrogen and oxygen atoms in total. The molecule has 0 radical (unpaired) electrons. The standard InChI is InChI=1S/C23H26N2O/c24-23(25-21-14-8-3-9-15-21)22(26)20(16-18-10-4-1-5-11-18)17-19-12-6-2-7-13-19/h1-15,20,22-23,25-26H,16-17,24H2. The quantitative estimate of drug-likeness (QED) is 0.543. The molecule has 26 heavy (non-hydrogen) atoms. The van der Waals surface area contributed by atoms with Gasteiger partial charge in [-0.25, -0.2) is 0 Å². The van der Waals surface area contributed by atoms with Crippen LogP contribution in [0.25, 0.3) is 0 Å². The summed E-state index contributed by atoms with van der Waals surface area (Å²) >= 11 is 0. The van der Waals surface area contributed by atoms with E-state index in [0.29, 0.717) is 0 Å². The van der Waals surface area contributed by atoms with Crippen molar-refractivity contribution in [2.45, 2.75) is 25.1 Å². The molecule has 0 heterocycles. The lowest BCUT2D eigenvalue weighted by atomic mass is 9.87. The van der Waals surface area contributed by atoms with Crippen LogP contribution in [-0.4, -0.2) is 17.4 Å². The third kappa shape index (κ3) is 5.19. The molecule has 0 fully saturated rings. The van der Waals surface area contributed by atoms with Gasteiger partial charge in [-0.1, -0.05) is 78.9 Å². The van der Waals surface area contributed by atoms with Crippen LogP contribution in [0.1, 0.15) is 11.1 Å². The predicted octanol–water partition coefficient (Wildman–Crippen LogP) is 3.85. The molecule has 0 amide bonds. The Morgan fingerprint density at radius 3 is 1.58 bits per heavy atom. The minimum absolute atomic E-state index is 0.0195. The monoisotopic (exact) mass is 346 g/mol. The van der Waals surface area contributed by atoms with Gasteiger partial charge in [0.1, 0.15) is 6.17 Å². The first-order valence-corrected chi connectivity index (χ1v) is 9.05. The van der Waals surface area contributed by atoms with Gasteiger partial charge in [0.2, 0.25) is 0 Å². The zero-order chi connectivity index (χ0) is 18.2. The van der Waals surface area contributed by atoms with Gasteiger partial charge in [-0.05, 0) is 42.0 Å². The molecule has 2 unspecified atom stereocenters. The largest absolute Gasteiger partial charge is 0.389 e. The second-order valence-corrected chi connectivity index (χ2v) is 6.67. The van der Waals surface area contributed by atoms with Crippen LogP contribution in [0.2, 0.25) is 0 Å². The van der Waals surface area contributed by atoms with E-state index in [1.165, 1.54) is 11.1 Å². The summed E-state index contributed by atoms with van der Waals surface area (Å²) < 4.78 is 0. The minimum Gasteiger partial charge on any atom is -0.389 e. The maximum atomic E-state index is 11.0. The number of aliphatic hydroxyl groups is 1. The smallest absolute Gasteiger partial charge is 0.101 e. The molecule has 134 valence electrons. The fraction of sp³-hybridized carbons (Fsp3) is 0.217. The molecular weight excluding hydrogens is 320 g/mol. The molecule has 0 saturated heterocycles. The number of benzene rings is 3. The van der Waals surface area contributed by atoms with Crippen molar-refractivity contribution >= 4 is 5.69 Å². The first kappa shape index (κ1) is 18.2. The fourth-order valence-corrected chi connectivity index (χ4v) is 3.25. The van der Waals surface area contributed by atoms with E-state index in [2.05, 4.69) is 29.6 Å². The second-order valence-electron chi connectivity index (χ2n) is 6.67. The van der Waals surface area contributed by atoms with Crippen LogP contribution in [0.3, 0.4) is 0 Å². The van der Waals surface area contributed by atoms with Crippen molar-refractivity contribution in [3.63, 3.8) is 0 Å². The number of nitrogens with two attached hydrogens (primary N) is 1. The van der Waals surface area contributed by atoms with Gasteiger partial charge in [-0.3, -0.25) is 0 Å². The van der Waals surface area contributed by atoms with Gasteiger partial charge in [-0.15, -0.1) is 0 Å². The maximum Gasteiger partial charge on any atom is 0.101 e. The lowest BCUT2D eigenvalue weighted by Gasteiger charge is -2.29. The Hall–Kier alpha value is -2.62. The van der Waals surface area contributed by atoms with E-state index in [1.54, 1.807) is 0 Å². The summed E-state index contributed by atoms with van der Waals surface area (Å²) in [7, 11) is 0. The third-order valence-corrected chi connectivity index (χ3v) is 4.64. The van der Waals surface area contributed by atoms with Crippen molar-refractivity contribution in [3.8, 4) is 0 Å². The highest BCUT2D eigenvalue weighted by atomic mass is 16.3. The zero-order valence-corrected chi connectivity index (χ0v) is 14.8. The van der Waals surface area contributed by atoms with E-state index >= 15 is 0 Å². The summed E-state index contributed by atoms with van der Waals surface area (Å²) in [5, 5.41) is 14.2. The number of nitrogens with one attached hydrogen (secondary N) is 1. The molecule has 3 rings (SSSR count). The van der Waals surface area contributed by atoms with Gasteiger partial charge in [0.25, 0.3) is 0 Å². The number of hydrogen-bond acceptors (Lipinski definition) is 3. The summed E-state index contributed by atoms with van der Waals surface area (Å²) in [5.41, 5.74) is 9.63. The molecule has 0 saturated carbocycles. The number of para-hydroxylation sites is 1. The van der Waals surface area contributed by atoms with E-state index in [-0.39, 0.29) is 5.92 Å². The molecule has 3 aromatic rings. The Morgan fingerprint density at radius 1 is 0.692 bits per heavy atom. The van der Waals surface area contributed by atoms with E-state index < -0.39 is 12.3 Å². The average molecular weight is 346 g/mol. The molecule has 0 aliphatic heterocycles. The molecule has 0 aliphatic rings. The lowest BCUT2D eigenvalue weighted by molar-refractivity contribution is 0.0895. The van der Waals surface area contributed by atoms with Crippen LogP contribution in [0.15, 0.2) is 91.0 Å². The molecule has 2 atom stereocenters. The van der Waals surface area contributed by atoms with Crippen LogP contribution in [0, 0.1) is 5.92 Å². The van der Waals surface area contributed by atoms with Gasteiger partial charge in [-0.2, -0.15) is 0 Å². The van der Waals surface area contributed by atoms with Crippen molar-refractivity contribution in [1.29, 1.82) is 0 Å². The van der Waals surface area contributed by atoms with Crippen LogP contribution >= 0.6 is 0 Å². The SMILES string of the molecule is NC(Nc1ccccc1)C(O)C(Cc1ccccc1)Cc1ccccc1. The normalized spacial score (nSPS) is 13.3. The van der Waals surface area contributed by atoms with Gasteiger partial charge in [0, 0.05) is 5.69 Å². The lowest BCUT2D eigenvalue weighted by Crippen LogP contribution is -2.46. The molecule has 4 N–H and O–H groups in total. The van der Waals surface area contributed by atoms with Crippen molar-refractivity contribution < 1.29 is 5.11 Å². The van der Waals surface area contributed by atoms with Gasteiger partial charge < -0.3 is 16.2 Å². The van der Waals surface area contributed by atoms with Gasteiger partial charge >= 0.3 is 0 Å². The summed E-state index contributed by atoms with van der Waals surface area (Å²) in [6.45, 7) is 0. The van der Waals surface area contributed by atoms with Crippen molar-refractivity contribution in [3.05, 3.63) is 102 Å². The van der Waals surface area contributed by atoms with E-state index in [4.69, 9.17) is 5.73 Å². The molecule has 0 aliphatic carbocycles. The van der Waals surface area contributed by atoms with Crippen LogP contribution in [0.4, 0.5) is 5.69 Å². The fourth-order valence-electron chi connectivity index (χ4n) is 3.25. The van der Waals surface area contributed by atoms with E-state index in [0.717, 1.165) is 18.5 Å². The Balaban J connectivity index is 1.74. The van der Waals surface area contributed by atoms with Crippen LogP contribution in [0.5, 0.6) is 0 Å². The summed E-state index contributed by atoms with van der Waals surface area (Å²) in [4.78, 5) is 0. The average Bonchev–Trinajstić information content (AvgIpc) is 2.69. The first-order valence-electron chi connectivity index (χ1n) is 9.05. The van der Waals surface area contributed by atoms with E-state index in [9.17, 15) is 5.11 Å². The van der Waals surface area contributed by atoms with Crippen molar-refractivity contribution in [1.82, 2.24) is 0 Å². The topological polar surface area (TPSA) is 58.3 Å². The number of rotatable bonds is 8. The molecular formula is C23H26N2O. The third-order valence-electron chi connectivity index (χ3n) is 4.64. The first-order chi connectivity index (χ1) is 12.7. The highest BCUT2D eigenvalue weighted by molar-refractivity contribution is 5.43. The maximum absolute atomic E-state index is 11.0. The number of aliphatic hydroxyl groups excluding tert-OH is 1. The highest BCUT2D eigenvalue weighted by Crippen LogP contribution is 2.21. The molecule has 3 aromatic carbocycles. The molecule has 0 bridgehead atoms. The summed E-state index contributed by atoms with van der Waals surface area (Å²) in [5.74, 6) is 0.0195. The Morgan fingerprint density at radius 2 is 1.12 bits per heavy atom. The Bertz CT molecular complexity index is 720. The predicted molar refractivity (Wildman–Crippen MR) is 108 cm³/mol. The van der Waals surface area contributed by atoms with Crippen molar-refractivity contribution in [2.75, 3.05) is 5.32 Å². The van der Waals surface area contributed by atoms with Crippen molar-refractivity contribution in [2.24, 2.45) is 11.7 Å². The Kier molecular flexibility index (Phi) is 6.42. The highest BCUT2D eigenvalue weighted by Gasteiger charge is 2.26. The summed E-state index contributed by atoms with van der Waals surface area (Å²) in [6, 6.07) is 30.3. The van der Waals surface area contributed by atoms with Crippen LogP contribution < -0.4 is 11.1 Å². The minimum atomic E-state index is -0.671. The van der Waals surface area contributed by atoms with E-state index in [1.807, 2.05) is 66.7 Å². The van der Waals surface area contributed by atoms with Gasteiger partial charge in [0.05, 0.1) is 6.10 Å². The molecule has 0 spiro atoms. The molecule has 0 aromatic heterocycles. The molecule has 3 heteroatoms. The number of anilines is 1. The van der Waals surface area contributed by atoms with Gasteiger partial charge in [0.15, 0.2) is 0 Å². The second kappa shape index (κ2) is 9.18. The van der Waals surface area contributed by atoms with Crippen LogP contribution in [-0.2, 0) is 12.8 Å². The zero-order valence-electron chi connectivity index (χ0n) is 14.8.